The summed E-state index contributed by atoms with van der Waals surface area (Å²) in [6.07, 6.45) is 0. The molecule has 0 saturated heterocycles. The first-order valence-electron chi connectivity index (χ1n) is 7.45. The first kappa shape index (κ1) is 16.4. The van der Waals surface area contributed by atoms with Crippen molar-refractivity contribution in [1.29, 1.82) is 0 Å². The number of benzene rings is 2. The van der Waals surface area contributed by atoms with Gasteiger partial charge in [0.15, 0.2) is 17.0 Å². The van der Waals surface area contributed by atoms with Crippen LogP contribution in [-0.4, -0.2) is 24.7 Å². The zero-order chi connectivity index (χ0) is 18.3. The monoisotopic (exact) mass is 385 g/mol. The first-order chi connectivity index (χ1) is 12.5. The van der Waals surface area contributed by atoms with Crippen LogP contribution >= 0.6 is 23.2 Å². The molecule has 0 radical (unpaired) electrons. The first-order valence-corrected chi connectivity index (χ1v) is 8.21. The van der Waals surface area contributed by atoms with E-state index in [1.807, 2.05) is 0 Å². The van der Waals surface area contributed by atoms with E-state index in [1.165, 1.54) is 0 Å². The Labute approximate surface area is 155 Å². The highest BCUT2D eigenvalue weighted by Crippen LogP contribution is 2.26. The van der Waals surface area contributed by atoms with Gasteiger partial charge in [0.05, 0.1) is 15.7 Å². The number of rotatable bonds is 2. The Morgan fingerprint density at radius 1 is 0.923 bits per heavy atom. The number of H-pyrrole nitrogens is 1. The summed E-state index contributed by atoms with van der Waals surface area (Å²) in [6.45, 7) is 0. The van der Waals surface area contributed by atoms with Crippen LogP contribution in [0.2, 0.25) is 10.0 Å². The minimum atomic E-state index is -0.618. The van der Waals surface area contributed by atoms with Crippen LogP contribution in [0.15, 0.2) is 58.1 Å². The zero-order valence-electron chi connectivity index (χ0n) is 13.0. The Hall–Kier alpha value is -3.03. The van der Waals surface area contributed by atoms with Gasteiger partial charge in [-0.05, 0) is 30.3 Å². The van der Waals surface area contributed by atoms with Gasteiger partial charge in [0.2, 0.25) is 0 Å². The fraction of sp³-hybridized carbons (Fsp3) is 0. The van der Waals surface area contributed by atoms with Crippen molar-refractivity contribution in [2.45, 2.75) is 0 Å². The Morgan fingerprint density at radius 2 is 1.69 bits per heavy atom. The average molecular weight is 386 g/mol. The number of nitrogens with one attached hydrogen (secondary N) is 1. The summed E-state index contributed by atoms with van der Waals surface area (Å²) in [6, 6.07) is 13.4. The molecule has 0 aliphatic heterocycles. The quantitative estimate of drug-likeness (QED) is 0.572. The van der Waals surface area contributed by atoms with Crippen molar-refractivity contribution in [3.05, 3.63) is 79.4 Å². The Balaban J connectivity index is 1.97. The third-order valence-corrected chi connectivity index (χ3v) is 4.45. The molecule has 2 aromatic carbocycles. The lowest BCUT2D eigenvalue weighted by atomic mass is 10.2. The molecule has 0 amide bonds. The van der Waals surface area contributed by atoms with Gasteiger partial charge in [-0.2, -0.15) is 0 Å². The number of fused-ring (bicyclic) bond motifs is 1. The average Bonchev–Trinajstić information content (AvgIpc) is 2.65. The predicted molar refractivity (Wildman–Crippen MR) is 99.0 cm³/mol. The normalized spacial score (nSPS) is 11.0. The van der Waals surface area contributed by atoms with Crippen molar-refractivity contribution >= 4 is 34.4 Å². The van der Waals surface area contributed by atoms with Crippen LogP contribution in [0.4, 0.5) is 0 Å². The molecule has 0 aliphatic rings. The topological polar surface area (TPSA) is 93.5 Å². The Kier molecular flexibility index (Phi) is 4.02. The van der Waals surface area contributed by atoms with E-state index in [2.05, 4.69) is 20.2 Å². The van der Waals surface area contributed by atoms with Gasteiger partial charge in [0, 0.05) is 5.56 Å². The fourth-order valence-electron chi connectivity index (χ4n) is 2.48. The molecule has 0 aliphatic carbocycles. The van der Waals surface area contributed by atoms with Crippen molar-refractivity contribution < 1.29 is 0 Å². The number of hydrogen-bond acceptors (Lipinski definition) is 5. The van der Waals surface area contributed by atoms with Gasteiger partial charge in [0.1, 0.15) is 0 Å². The molecule has 1 N–H and O–H groups in total. The highest BCUT2D eigenvalue weighted by Gasteiger charge is 2.14. The third kappa shape index (κ3) is 2.77. The largest absolute Gasteiger partial charge is 0.334 e. The molecule has 7 nitrogen and oxygen atoms in total. The molecule has 0 spiro atoms. The number of para-hydroxylation sites is 1. The number of nitrogens with zero attached hydrogens (tertiary/aromatic N) is 4. The second kappa shape index (κ2) is 6.36. The number of hydrogen-bond donors (Lipinski definition) is 1. The van der Waals surface area contributed by atoms with Crippen molar-refractivity contribution in [2.75, 3.05) is 0 Å². The lowest BCUT2D eigenvalue weighted by Crippen LogP contribution is -2.34. The van der Waals surface area contributed by atoms with Crippen LogP contribution in [0.5, 0.6) is 0 Å². The highest BCUT2D eigenvalue weighted by molar-refractivity contribution is 6.42. The lowest BCUT2D eigenvalue weighted by molar-refractivity contribution is 0.873. The van der Waals surface area contributed by atoms with Crippen molar-refractivity contribution in [2.24, 2.45) is 0 Å². The summed E-state index contributed by atoms with van der Waals surface area (Å²) >= 11 is 11.9. The minimum absolute atomic E-state index is 0.00970. The maximum absolute atomic E-state index is 12.8. The van der Waals surface area contributed by atoms with Gasteiger partial charge in [-0.1, -0.05) is 41.4 Å². The van der Waals surface area contributed by atoms with Crippen molar-refractivity contribution in [3.8, 4) is 17.1 Å². The second-order valence-electron chi connectivity index (χ2n) is 5.37. The molecule has 0 bridgehead atoms. The molecule has 26 heavy (non-hydrogen) atoms. The van der Waals surface area contributed by atoms with E-state index in [1.54, 1.807) is 48.5 Å². The Bertz CT molecular complexity index is 1250. The molecule has 2 heterocycles. The summed E-state index contributed by atoms with van der Waals surface area (Å²) in [4.78, 5) is 31.9. The van der Waals surface area contributed by atoms with Crippen molar-refractivity contribution in [1.82, 2.24) is 24.7 Å². The van der Waals surface area contributed by atoms with Gasteiger partial charge in [0.25, 0.3) is 5.56 Å². The molecule has 9 heteroatoms. The number of halogens is 2. The number of aromatic amines is 1. The summed E-state index contributed by atoms with van der Waals surface area (Å²) in [5, 5.41) is 8.58. The van der Waals surface area contributed by atoms with Crippen molar-refractivity contribution in [3.63, 3.8) is 0 Å². The van der Waals surface area contributed by atoms with Crippen LogP contribution in [0.3, 0.4) is 0 Å². The zero-order valence-corrected chi connectivity index (χ0v) is 14.5. The molecule has 0 saturated carbocycles. The molecule has 128 valence electrons. The molecule has 2 aromatic heterocycles. The van der Waals surface area contributed by atoms with Gasteiger partial charge in [-0.15, -0.1) is 10.2 Å². The van der Waals surface area contributed by atoms with Crippen LogP contribution in [0.1, 0.15) is 0 Å². The fourth-order valence-corrected chi connectivity index (χ4v) is 2.78. The maximum atomic E-state index is 12.8. The molecular formula is C17H9Cl2N5O2. The molecule has 0 fully saturated rings. The summed E-state index contributed by atoms with van der Waals surface area (Å²) in [5.41, 5.74) is -0.236. The van der Waals surface area contributed by atoms with E-state index in [0.29, 0.717) is 21.3 Å². The van der Waals surface area contributed by atoms with E-state index < -0.39 is 11.2 Å². The van der Waals surface area contributed by atoms with Crippen LogP contribution in [-0.2, 0) is 0 Å². The summed E-state index contributed by atoms with van der Waals surface area (Å²) in [7, 11) is 0. The second-order valence-corrected chi connectivity index (χ2v) is 6.18. The van der Waals surface area contributed by atoms with Crippen LogP contribution in [0.25, 0.3) is 28.2 Å². The van der Waals surface area contributed by atoms with E-state index in [9.17, 15) is 9.59 Å². The van der Waals surface area contributed by atoms with E-state index >= 15 is 0 Å². The standard InChI is InChI=1S/C17H9Cl2N5O2/c18-11-7-6-9(8-12(11)19)14-20-13-15(23-22-14)21-17(26)24(16(13)25)10-4-2-1-3-5-10/h1-8H,(H,21,23,26). The minimum Gasteiger partial charge on any atom is -0.288 e. The molecule has 4 aromatic rings. The van der Waals surface area contributed by atoms with Crippen LogP contribution in [0, 0.1) is 0 Å². The summed E-state index contributed by atoms with van der Waals surface area (Å²) in [5.74, 6) is 0.194. The third-order valence-electron chi connectivity index (χ3n) is 3.71. The lowest BCUT2D eigenvalue weighted by Gasteiger charge is -2.06. The molecular weight excluding hydrogens is 377 g/mol. The SMILES string of the molecule is O=c1[nH]c2nnc(-c3ccc(Cl)c(Cl)c3)nc2c(=O)n1-c1ccccc1. The Morgan fingerprint density at radius 3 is 2.42 bits per heavy atom. The molecule has 0 atom stereocenters. The van der Waals surface area contributed by atoms with Gasteiger partial charge in [-0.3, -0.25) is 9.78 Å². The summed E-state index contributed by atoms with van der Waals surface area (Å²) < 4.78 is 0.996. The maximum Gasteiger partial charge on any atom is 0.334 e. The molecule has 0 unspecified atom stereocenters. The van der Waals surface area contributed by atoms with E-state index in [-0.39, 0.29) is 17.0 Å². The smallest absolute Gasteiger partial charge is 0.288 e. The van der Waals surface area contributed by atoms with E-state index in [0.717, 1.165) is 4.57 Å². The predicted octanol–water partition coefficient (Wildman–Crippen LogP) is 2.84. The van der Waals surface area contributed by atoms with Gasteiger partial charge < -0.3 is 0 Å². The van der Waals surface area contributed by atoms with E-state index in [4.69, 9.17) is 23.2 Å². The highest BCUT2D eigenvalue weighted by atomic mass is 35.5. The van der Waals surface area contributed by atoms with Crippen LogP contribution < -0.4 is 11.2 Å². The van der Waals surface area contributed by atoms with Gasteiger partial charge >= 0.3 is 5.69 Å². The molecule has 4 rings (SSSR count). The number of aromatic nitrogens is 5. The van der Waals surface area contributed by atoms with Gasteiger partial charge in [-0.25, -0.2) is 14.3 Å².